The van der Waals surface area contributed by atoms with Crippen LogP contribution in [0.15, 0.2) is 16.7 Å². The molecule has 1 aromatic rings. The van der Waals surface area contributed by atoms with Gasteiger partial charge in [-0.15, -0.1) is 0 Å². The third-order valence-electron chi connectivity index (χ3n) is 2.49. The summed E-state index contributed by atoms with van der Waals surface area (Å²) in [5, 5.41) is 11.7. The summed E-state index contributed by atoms with van der Waals surface area (Å²) in [6.45, 7) is 5.60. The van der Waals surface area contributed by atoms with Crippen molar-refractivity contribution in [3.63, 3.8) is 0 Å². The topological polar surface area (TPSA) is 62.5 Å². The molecule has 1 aromatic heterocycles. The van der Waals surface area contributed by atoms with E-state index >= 15 is 0 Å². The molecule has 2 unspecified atom stereocenters. The molecule has 0 saturated carbocycles. The van der Waals surface area contributed by atoms with Gasteiger partial charge in [0, 0.05) is 12.6 Å². The lowest BCUT2D eigenvalue weighted by Gasteiger charge is -2.18. The quantitative estimate of drug-likeness (QED) is 0.789. The highest BCUT2D eigenvalue weighted by atomic mass is 16.3. The van der Waals surface area contributed by atoms with Crippen molar-refractivity contribution in [1.82, 2.24) is 5.32 Å². The summed E-state index contributed by atoms with van der Waals surface area (Å²) in [4.78, 5) is 11.6. The van der Waals surface area contributed by atoms with Gasteiger partial charge < -0.3 is 14.8 Å². The van der Waals surface area contributed by atoms with Gasteiger partial charge in [-0.3, -0.25) is 4.79 Å². The van der Waals surface area contributed by atoms with Crippen molar-refractivity contribution in [1.29, 1.82) is 0 Å². The Balaban J connectivity index is 2.56. The lowest BCUT2D eigenvalue weighted by Crippen LogP contribution is -2.38. The average Bonchev–Trinajstić information content (AvgIpc) is 2.63. The fraction of sp³-hybridized carbons (Fsp3) is 0.545. The Morgan fingerprint density at radius 3 is 2.73 bits per heavy atom. The second-order valence-electron chi connectivity index (χ2n) is 3.87. The number of aliphatic hydroxyl groups is 1. The number of carbonyl (C=O) groups is 1. The summed E-state index contributed by atoms with van der Waals surface area (Å²) < 4.78 is 5.04. The number of rotatable bonds is 4. The highest BCUT2D eigenvalue weighted by Gasteiger charge is 2.15. The standard InChI is InChI=1S/C11H17NO3/c1-7(5-13)9(3)12-11(14)10-4-8(2)15-6-10/h4,6-7,9,13H,5H2,1-3H3,(H,12,14). The van der Waals surface area contributed by atoms with Crippen LogP contribution < -0.4 is 5.32 Å². The molecule has 0 aliphatic rings. The van der Waals surface area contributed by atoms with Gasteiger partial charge in [-0.2, -0.15) is 0 Å². The van der Waals surface area contributed by atoms with Crippen LogP contribution in [0.1, 0.15) is 30.0 Å². The number of aryl methyl sites for hydroxylation is 1. The molecular weight excluding hydrogens is 194 g/mol. The summed E-state index contributed by atoms with van der Waals surface area (Å²) >= 11 is 0. The van der Waals surface area contributed by atoms with Crippen molar-refractivity contribution in [3.05, 3.63) is 23.7 Å². The van der Waals surface area contributed by atoms with Crippen LogP contribution in [0.3, 0.4) is 0 Å². The van der Waals surface area contributed by atoms with E-state index in [4.69, 9.17) is 9.52 Å². The van der Waals surface area contributed by atoms with Crippen LogP contribution in [0.25, 0.3) is 0 Å². The Bertz CT molecular complexity index is 332. The van der Waals surface area contributed by atoms with Gasteiger partial charge in [-0.25, -0.2) is 0 Å². The first-order valence-corrected chi connectivity index (χ1v) is 5.01. The molecule has 0 spiro atoms. The van der Waals surface area contributed by atoms with E-state index in [-0.39, 0.29) is 24.5 Å². The van der Waals surface area contributed by atoms with E-state index in [1.165, 1.54) is 6.26 Å². The van der Waals surface area contributed by atoms with Crippen molar-refractivity contribution in [2.75, 3.05) is 6.61 Å². The van der Waals surface area contributed by atoms with Crippen LogP contribution in [-0.4, -0.2) is 23.7 Å². The zero-order chi connectivity index (χ0) is 11.4. The maximum absolute atomic E-state index is 11.6. The molecule has 0 aromatic carbocycles. The van der Waals surface area contributed by atoms with Crippen molar-refractivity contribution in [3.8, 4) is 0 Å². The number of hydrogen-bond donors (Lipinski definition) is 2. The maximum Gasteiger partial charge on any atom is 0.254 e. The lowest BCUT2D eigenvalue weighted by atomic mass is 10.1. The molecule has 0 aliphatic heterocycles. The Morgan fingerprint density at radius 2 is 2.27 bits per heavy atom. The zero-order valence-corrected chi connectivity index (χ0v) is 9.28. The third kappa shape index (κ3) is 3.09. The third-order valence-corrected chi connectivity index (χ3v) is 2.49. The zero-order valence-electron chi connectivity index (χ0n) is 9.28. The van der Waals surface area contributed by atoms with E-state index in [1.54, 1.807) is 13.0 Å². The minimum absolute atomic E-state index is 0.0435. The smallest absolute Gasteiger partial charge is 0.254 e. The number of hydrogen-bond acceptors (Lipinski definition) is 3. The fourth-order valence-corrected chi connectivity index (χ4v) is 1.15. The summed E-state index contributed by atoms with van der Waals surface area (Å²) in [6.07, 6.45) is 1.43. The van der Waals surface area contributed by atoms with Crippen molar-refractivity contribution in [2.24, 2.45) is 5.92 Å². The fourth-order valence-electron chi connectivity index (χ4n) is 1.15. The van der Waals surface area contributed by atoms with Crippen LogP contribution in [0, 0.1) is 12.8 Å². The Labute approximate surface area is 89.3 Å². The molecule has 4 heteroatoms. The largest absolute Gasteiger partial charge is 0.469 e. The number of aliphatic hydroxyl groups excluding tert-OH is 1. The monoisotopic (exact) mass is 211 g/mol. The number of furan rings is 1. The van der Waals surface area contributed by atoms with Gasteiger partial charge in [-0.1, -0.05) is 6.92 Å². The second kappa shape index (κ2) is 4.98. The first-order chi connectivity index (χ1) is 7.04. The minimum atomic E-state index is -0.167. The molecule has 0 bridgehead atoms. The average molecular weight is 211 g/mol. The molecule has 4 nitrogen and oxygen atoms in total. The Kier molecular flexibility index (Phi) is 3.91. The molecular formula is C11H17NO3. The molecule has 1 heterocycles. The molecule has 1 rings (SSSR count). The van der Waals surface area contributed by atoms with Crippen molar-refractivity contribution in [2.45, 2.75) is 26.8 Å². The number of amides is 1. The second-order valence-corrected chi connectivity index (χ2v) is 3.87. The molecule has 84 valence electrons. The molecule has 2 atom stereocenters. The van der Waals surface area contributed by atoms with Gasteiger partial charge >= 0.3 is 0 Å². The van der Waals surface area contributed by atoms with Crippen LogP contribution in [0.2, 0.25) is 0 Å². The van der Waals surface area contributed by atoms with E-state index in [0.29, 0.717) is 11.3 Å². The van der Waals surface area contributed by atoms with Gasteiger partial charge in [0.15, 0.2) is 0 Å². The first-order valence-electron chi connectivity index (χ1n) is 5.01. The van der Waals surface area contributed by atoms with E-state index in [2.05, 4.69) is 5.32 Å². The van der Waals surface area contributed by atoms with Crippen molar-refractivity contribution < 1.29 is 14.3 Å². The van der Waals surface area contributed by atoms with Gasteiger partial charge in [0.2, 0.25) is 0 Å². The number of carbonyl (C=O) groups excluding carboxylic acids is 1. The van der Waals surface area contributed by atoms with E-state index in [1.807, 2.05) is 13.8 Å². The Hall–Kier alpha value is -1.29. The predicted octanol–water partition coefficient (Wildman–Crippen LogP) is 1.33. The normalized spacial score (nSPS) is 14.7. The predicted molar refractivity (Wildman–Crippen MR) is 56.6 cm³/mol. The van der Waals surface area contributed by atoms with E-state index in [0.717, 1.165) is 0 Å². The highest BCUT2D eigenvalue weighted by molar-refractivity contribution is 5.94. The van der Waals surface area contributed by atoms with E-state index < -0.39 is 0 Å². The molecule has 15 heavy (non-hydrogen) atoms. The van der Waals surface area contributed by atoms with Crippen LogP contribution in [0.5, 0.6) is 0 Å². The van der Waals surface area contributed by atoms with Gasteiger partial charge in [0.1, 0.15) is 12.0 Å². The van der Waals surface area contributed by atoms with Crippen molar-refractivity contribution >= 4 is 5.91 Å². The first kappa shape index (κ1) is 11.8. The summed E-state index contributed by atoms with van der Waals surface area (Å²) in [7, 11) is 0. The molecule has 0 radical (unpaired) electrons. The van der Waals surface area contributed by atoms with Gasteiger partial charge in [-0.05, 0) is 25.8 Å². The molecule has 0 aliphatic carbocycles. The van der Waals surface area contributed by atoms with Gasteiger partial charge in [0.25, 0.3) is 5.91 Å². The Morgan fingerprint density at radius 1 is 1.60 bits per heavy atom. The van der Waals surface area contributed by atoms with Gasteiger partial charge in [0.05, 0.1) is 5.56 Å². The van der Waals surface area contributed by atoms with E-state index in [9.17, 15) is 4.79 Å². The van der Waals surface area contributed by atoms with Crippen LogP contribution in [0.4, 0.5) is 0 Å². The minimum Gasteiger partial charge on any atom is -0.469 e. The highest BCUT2D eigenvalue weighted by Crippen LogP contribution is 2.08. The molecule has 2 N–H and O–H groups in total. The summed E-state index contributed by atoms with van der Waals surface area (Å²) in [6, 6.07) is 1.63. The summed E-state index contributed by atoms with van der Waals surface area (Å²) in [5.41, 5.74) is 0.518. The SMILES string of the molecule is Cc1cc(C(=O)NC(C)C(C)CO)co1. The number of nitrogens with one attached hydrogen (secondary N) is 1. The molecule has 0 fully saturated rings. The maximum atomic E-state index is 11.6. The molecule has 0 saturated heterocycles. The van der Waals surface area contributed by atoms with Crippen LogP contribution in [-0.2, 0) is 0 Å². The van der Waals surface area contributed by atoms with Crippen LogP contribution >= 0.6 is 0 Å². The molecule has 1 amide bonds. The lowest BCUT2D eigenvalue weighted by molar-refractivity contribution is 0.0915. The summed E-state index contributed by atoms with van der Waals surface area (Å²) in [5.74, 6) is 0.588.